The average Bonchev–Trinajstić information content (AvgIpc) is 3.24. The predicted molar refractivity (Wildman–Crippen MR) is 135 cm³/mol. The molecular formula is C28H25ClF3N3O2. The molecule has 2 heterocycles. The average molecular weight is 528 g/mol. The molecule has 1 aliphatic rings. The Balaban J connectivity index is 1.48. The summed E-state index contributed by atoms with van der Waals surface area (Å²) in [6.45, 7) is 3.90. The SMILES string of the molecule is CC(C)(F)[C@H](c1cc(F)cc(F)c1)C1CN([C@@H](c2ccc(Cl)cc2)c2cccc(-c3n[nH]c(=O)o3)c2)C1. The molecule has 1 aliphatic heterocycles. The third kappa shape index (κ3) is 5.36. The lowest BCUT2D eigenvalue weighted by Crippen LogP contribution is -2.53. The van der Waals surface area contributed by atoms with Crippen LogP contribution in [0.2, 0.25) is 5.02 Å². The van der Waals surface area contributed by atoms with Crippen LogP contribution in [0.3, 0.4) is 0 Å². The highest BCUT2D eigenvalue weighted by molar-refractivity contribution is 6.30. The zero-order valence-electron chi connectivity index (χ0n) is 20.2. The summed E-state index contributed by atoms with van der Waals surface area (Å²) < 4.78 is 48.5. The van der Waals surface area contributed by atoms with Crippen LogP contribution in [0.15, 0.2) is 75.9 Å². The fraction of sp³-hybridized carbons (Fsp3) is 0.286. The molecule has 3 aromatic carbocycles. The molecule has 1 N–H and O–H groups in total. The molecule has 0 bridgehead atoms. The van der Waals surface area contributed by atoms with Gasteiger partial charge < -0.3 is 4.42 Å². The second kappa shape index (κ2) is 9.84. The maximum Gasteiger partial charge on any atom is 0.434 e. The van der Waals surface area contributed by atoms with Crippen molar-refractivity contribution < 1.29 is 17.6 Å². The van der Waals surface area contributed by atoms with Crippen LogP contribution in [-0.2, 0) is 0 Å². The van der Waals surface area contributed by atoms with Crippen molar-refractivity contribution >= 4 is 11.6 Å². The van der Waals surface area contributed by atoms with E-state index in [0.717, 1.165) is 17.2 Å². The van der Waals surface area contributed by atoms with E-state index in [1.807, 2.05) is 30.3 Å². The molecule has 192 valence electrons. The van der Waals surface area contributed by atoms with Crippen LogP contribution in [0.4, 0.5) is 13.2 Å². The fourth-order valence-electron chi connectivity index (χ4n) is 5.41. The first-order chi connectivity index (χ1) is 17.6. The molecule has 1 saturated heterocycles. The molecule has 37 heavy (non-hydrogen) atoms. The Hall–Kier alpha value is -3.36. The minimum absolute atomic E-state index is 0.163. The molecule has 5 nitrogen and oxygen atoms in total. The number of aromatic nitrogens is 2. The molecule has 0 aliphatic carbocycles. The molecule has 9 heteroatoms. The van der Waals surface area contributed by atoms with Crippen molar-refractivity contribution in [1.82, 2.24) is 15.1 Å². The number of halogens is 4. The van der Waals surface area contributed by atoms with Crippen molar-refractivity contribution in [3.05, 3.63) is 111 Å². The van der Waals surface area contributed by atoms with Gasteiger partial charge in [0.1, 0.15) is 17.3 Å². The number of hydrogen-bond acceptors (Lipinski definition) is 4. The van der Waals surface area contributed by atoms with Crippen molar-refractivity contribution in [3.8, 4) is 11.5 Å². The molecule has 0 unspecified atom stereocenters. The van der Waals surface area contributed by atoms with Gasteiger partial charge in [0.2, 0.25) is 5.89 Å². The Kier molecular flexibility index (Phi) is 6.72. The maximum absolute atomic E-state index is 15.4. The number of nitrogens with one attached hydrogen (secondary N) is 1. The first kappa shape index (κ1) is 25.3. The van der Waals surface area contributed by atoms with Gasteiger partial charge in [-0.15, -0.1) is 5.10 Å². The minimum atomic E-state index is -1.69. The lowest BCUT2D eigenvalue weighted by molar-refractivity contribution is 0.00805. The Morgan fingerprint density at radius 3 is 2.27 bits per heavy atom. The van der Waals surface area contributed by atoms with Gasteiger partial charge in [-0.3, -0.25) is 4.90 Å². The Morgan fingerprint density at radius 1 is 1.00 bits per heavy atom. The first-order valence-electron chi connectivity index (χ1n) is 11.9. The summed E-state index contributed by atoms with van der Waals surface area (Å²) in [5.41, 5.74) is 1.13. The monoisotopic (exact) mass is 527 g/mol. The van der Waals surface area contributed by atoms with Crippen LogP contribution in [0, 0.1) is 17.6 Å². The lowest BCUT2D eigenvalue weighted by atomic mass is 9.72. The van der Waals surface area contributed by atoms with E-state index in [0.29, 0.717) is 29.2 Å². The Morgan fingerprint density at radius 2 is 1.68 bits per heavy atom. The number of aromatic amines is 1. The fourth-order valence-corrected chi connectivity index (χ4v) is 5.53. The van der Waals surface area contributed by atoms with Gasteiger partial charge in [0.25, 0.3) is 0 Å². The van der Waals surface area contributed by atoms with Crippen molar-refractivity contribution in [1.29, 1.82) is 0 Å². The van der Waals surface area contributed by atoms with Crippen molar-refractivity contribution in [3.63, 3.8) is 0 Å². The number of likely N-dealkylation sites (tertiary alicyclic amines) is 1. The molecular weight excluding hydrogens is 503 g/mol. The third-order valence-corrected chi connectivity index (χ3v) is 7.08. The summed E-state index contributed by atoms with van der Waals surface area (Å²) in [5, 5.41) is 6.79. The smallest absolute Gasteiger partial charge is 0.388 e. The number of hydrogen-bond donors (Lipinski definition) is 1. The van der Waals surface area contributed by atoms with Gasteiger partial charge in [-0.25, -0.2) is 23.1 Å². The molecule has 5 rings (SSSR count). The van der Waals surface area contributed by atoms with E-state index in [1.54, 1.807) is 18.2 Å². The van der Waals surface area contributed by atoms with Crippen LogP contribution in [-0.4, -0.2) is 33.9 Å². The van der Waals surface area contributed by atoms with E-state index in [4.69, 9.17) is 16.0 Å². The Bertz CT molecular complexity index is 1440. The summed E-state index contributed by atoms with van der Waals surface area (Å²) in [5.74, 6) is -2.76. The van der Waals surface area contributed by atoms with E-state index >= 15 is 4.39 Å². The van der Waals surface area contributed by atoms with Crippen LogP contribution in [0.25, 0.3) is 11.5 Å². The summed E-state index contributed by atoms with van der Waals surface area (Å²) in [4.78, 5) is 13.6. The van der Waals surface area contributed by atoms with Crippen LogP contribution >= 0.6 is 11.6 Å². The maximum atomic E-state index is 15.4. The van der Waals surface area contributed by atoms with Crippen molar-refractivity contribution in [2.75, 3.05) is 13.1 Å². The van der Waals surface area contributed by atoms with Gasteiger partial charge in [-0.1, -0.05) is 35.9 Å². The summed E-state index contributed by atoms with van der Waals surface area (Å²) in [6, 6.07) is 18.0. The van der Waals surface area contributed by atoms with E-state index in [-0.39, 0.29) is 17.9 Å². The largest absolute Gasteiger partial charge is 0.434 e. The third-order valence-electron chi connectivity index (χ3n) is 6.83. The second-order valence-corrected chi connectivity index (χ2v) is 10.4. The highest BCUT2D eigenvalue weighted by atomic mass is 35.5. The van der Waals surface area contributed by atoms with Gasteiger partial charge in [-0.05, 0) is 72.9 Å². The van der Waals surface area contributed by atoms with Gasteiger partial charge in [0.15, 0.2) is 0 Å². The van der Waals surface area contributed by atoms with E-state index in [9.17, 15) is 13.6 Å². The summed E-state index contributed by atoms with van der Waals surface area (Å²) in [7, 11) is 0. The number of benzene rings is 3. The standard InChI is InChI=1S/C28H25ClF3N3O2/c1-28(2,32)24(19-11-22(30)13-23(31)12-19)20-14-35(15-20)25(16-6-8-21(29)9-7-16)17-4-3-5-18(10-17)26-33-34-27(36)37-26/h3-13,20,24-25H,14-15H2,1-2H3,(H,34,36)/t24-,25+/m1/s1. The van der Waals surface area contributed by atoms with Crippen LogP contribution in [0.5, 0.6) is 0 Å². The summed E-state index contributed by atoms with van der Waals surface area (Å²) >= 11 is 6.14. The van der Waals surface area contributed by atoms with E-state index in [2.05, 4.69) is 15.1 Å². The molecule has 0 spiro atoms. The molecule has 2 atom stereocenters. The van der Waals surface area contributed by atoms with E-state index in [1.165, 1.54) is 26.0 Å². The van der Waals surface area contributed by atoms with E-state index < -0.39 is 29.0 Å². The summed E-state index contributed by atoms with van der Waals surface area (Å²) in [6.07, 6.45) is 0. The number of H-pyrrole nitrogens is 1. The molecule has 4 aromatic rings. The lowest BCUT2D eigenvalue weighted by Gasteiger charge is -2.50. The first-order valence-corrected chi connectivity index (χ1v) is 12.3. The van der Waals surface area contributed by atoms with Gasteiger partial charge in [-0.2, -0.15) is 0 Å². The minimum Gasteiger partial charge on any atom is -0.388 e. The highest BCUT2D eigenvalue weighted by Crippen LogP contribution is 2.46. The quantitative estimate of drug-likeness (QED) is 0.297. The normalized spacial score (nSPS) is 16.4. The number of rotatable bonds is 7. The van der Waals surface area contributed by atoms with Crippen LogP contribution < -0.4 is 5.76 Å². The second-order valence-electron chi connectivity index (χ2n) is 9.96. The van der Waals surface area contributed by atoms with Crippen molar-refractivity contribution in [2.45, 2.75) is 31.5 Å². The molecule has 1 fully saturated rings. The Labute approximate surface area is 216 Å². The van der Waals surface area contributed by atoms with Crippen LogP contribution in [0.1, 0.15) is 42.5 Å². The molecule has 0 saturated carbocycles. The number of nitrogens with zero attached hydrogens (tertiary/aromatic N) is 2. The van der Waals surface area contributed by atoms with Gasteiger partial charge in [0, 0.05) is 35.7 Å². The molecule has 0 amide bonds. The van der Waals surface area contributed by atoms with Gasteiger partial charge >= 0.3 is 5.76 Å². The van der Waals surface area contributed by atoms with Crippen molar-refractivity contribution in [2.24, 2.45) is 5.92 Å². The van der Waals surface area contributed by atoms with Gasteiger partial charge in [0.05, 0.1) is 6.04 Å². The molecule has 1 aromatic heterocycles. The topological polar surface area (TPSA) is 62.1 Å². The molecule has 0 radical (unpaired) electrons. The predicted octanol–water partition coefficient (Wildman–Crippen LogP) is 6.51. The highest BCUT2D eigenvalue weighted by Gasteiger charge is 2.45. The zero-order valence-corrected chi connectivity index (χ0v) is 21.0. The number of alkyl halides is 1. The zero-order chi connectivity index (χ0) is 26.3.